The van der Waals surface area contributed by atoms with Gasteiger partial charge in [0.15, 0.2) is 0 Å². The summed E-state index contributed by atoms with van der Waals surface area (Å²) in [6.45, 7) is 14.7. The van der Waals surface area contributed by atoms with Crippen molar-refractivity contribution < 1.29 is 4.74 Å². The van der Waals surface area contributed by atoms with Crippen LogP contribution >= 0.6 is 0 Å². The number of rotatable bonds is 7. The summed E-state index contributed by atoms with van der Waals surface area (Å²) in [6, 6.07) is 9.27. The maximum absolute atomic E-state index is 9.07. The molecule has 5 heterocycles. The summed E-state index contributed by atoms with van der Waals surface area (Å²) in [5.41, 5.74) is 1.68. The standard InChI is InChI=1S/C26H35N7OSi/c1-26-16-31(9-7-21(26)15-33(17-26)23-6-5-20(13-27)14-28-23)24-22-8-10-32(25(22)30-18-29-24)19-34-11-12-35(2,3)4/h5-6,8,10,14,18,21H,7,9,11-12,15-17,19H2,1-4H3/t21-,26-/m1/s1. The van der Waals surface area contributed by atoms with Gasteiger partial charge in [-0.1, -0.05) is 26.6 Å². The molecule has 2 aliphatic rings. The first-order chi connectivity index (χ1) is 16.8. The molecule has 2 atom stereocenters. The maximum atomic E-state index is 9.07. The Morgan fingerprint density at radius 2 is 1.97 bits per heavy atom. The van der Waals surface area contributed by atoms with Gasteiger partial charge in [0.1, 0.15) is 36.4 Å². The Morgan fingerprint density at radius 3 is 2.71 bits per heavy atom. The Morgan fingerprint density at radius 1 is 1.14 bits per heavy atom. The number of nitriles is 1. The number of ether oxygens (including phenoxy) is 1. The molecule has 0 amide bonds. The van der Waals surface area contributed by atoms with Crippen LogP contribution < -0.4 is 9.80 Å². The van der Waals surface area contributed by atoms with Gasteiger partial charge >= 0.3 is 0 Å². The Bertz CT molecular complexity index is 1230. The largest absolute Gasteiger partial charge is 0.361 e. The predicted molar refractivity (Wildman–Crippen MR) is 141 cm³/mol. The monoisotopic (exact) mass is 489 g/mol. The molecule has 3 aromatic rings. The second-order valence-corrected chi connectivity index (χ2v) is 17.1. The van der Waals surface area contributed by atoms with E-state index in [0.717, 1.165) is 67.9 Å². The van der Waals surface area contributed by atoms with Crippen LogP contribution in [0.25, 0.3) is 11.0 Å². The molecule has 2 fully saturated rings. The van der Waals surface area contributed by atoms with Crippen LogP contribution in [0.1, 0.15) is 18.9 Å². The Kier molecular flexibility index (Phi) is 6.28. The Labute approximate surface area is 208 Å². The van der Waals surface area contributed by atoms with Crippen molar-refractivity contribution in [3.63, 3.8) is 0 Å². The molecule has 0 saturated carbocycles. The molecule has 184 valence electrons. The van der Waals surface area contributed by atoms with Crippen LogP contribution in [0, 0.1) is 22.7 Å². The molecule has 8 nitrogen and oxygen atoms in total. The minimum Gasteiger partial charge on any atom is -0.361 e. The molecule has 35 heavy (non-hydrogen) atoms. The maximum Gasteiger partial charge on any atom is 0.147 e. The van der Waals surface area contributed by atoms with Crippen molar-refractivity contribution in [2.75, 3.05) is 42.6 Å². The molecule has 3 aromatic heterocycles. The van der Waals surface area contributed by atoms with E-state index in [1.165, 1.54) is 0 Å². The van der Waals surface area contributed by atoms with Gasteiger partial charge in [-0.3, -0.25) is 0 Å². The molecule has 0 radical (unpaired) electrons. The molecular weight excluding hydrogens is 454 g/mol. The lowest BCUT2D eigenvalue weighted by Gasteiger charge is -2.42. The van der Waals surface area contributed by atoms with Crippen molar-refractivity contribution in [1.29, 1.82) is 5.26 Å². The lowest BCUT2D eigenvalue weighted by Crippen LogP contribution is -2.47. The molecule has 9 heteroatoms. The third-order valence-electron chi connectivity index (χ3n) is 7.54. The highest BCUT2D eigenvalue weighted by Crippen LogP contribution is 2.44. The van der Waals surface area contributed by atoms with Crippen molar-refractivity contribution in [2.24, 2.45) is 11.3 Å². The second-order valence-electron chi connectivity index (χ2n) is 11.5. The van der Waals surface area contributed by atoms with Crippen LogP contribution in [0.15, 0.2) is 36.9 Å². The molecular formula is C26H35N7OSi. The van der Waals surface area contributed by atoms with E-state index in [1.807, 2.05) is 12.1 Å². The summed E-state index contributed by atoms with van der Waals surface area (Å²) in [4.78, 5) is 18.7. The number of anilines is 2. The van der Waals surface area contributed by atoms with E-state index < -0.39 is 8.07 Å². The first kappa shape index (κ1) is 23.8. The molecule has 0 unspecified atom stereocenters. The van der Waals surface area contributed by atoms with E-state index in [-0.39, 0.29) is 5.41 Å². The van der Waals surface area contributed by atoms with Gasteiger partial charge in [-0.15, -0.1) is 0 Å². The first-order valence-electron chi connectivity index (χ1n) is 12.5. The Balaban J connectivity index is 1.30. The zero-order valence-electron chi connectivity index (χ0n) is 21.2. The van der Waals surface area contributed by atoms with Gasteiger partial charge in [-0.2, -0.15) is 5.26 Å². The molecule has 0 N–H and O–H groups in total. The van der Waals surface area contributed by atoms with E-state index in [1.54, 1.807) is 12.5 Å². The van der Waals surface area contributed by atoms with Crippen LogP contribution in [0.4, 0.5) is 11.6 Å². The number of nitrogens with zero attached hydrogens (tertiary/aromatic N) is 7. The van der Waals surface area contributed by atoms with Gasteiger partial charge in [0.2, 0.25) is 0 Å². The van der Waals surface area contributed by atoms with Gasteiger partial charge in [-0.25, -0.2) is 15.0 Å². The highest BCUT2D eigenvalue weighted by atomic mass is 28.3. The lowest BCUT2D eigenvalue weighted by molar-refractivity contribution is 0.0899. The smallest absolute Gasteiger partial charge is 0.147 e. The van der Waals surface area contributed by atoms with Gasteiger partial charge in [0.05, 0.1) is 10.9 Å². The predicted octanol–water partition coefficient (Wildman–Crippen LogP) is 4.36. The SMILES string of the molecule is C[C@@]12CN(c3ccc(C#N)cn3)C[C@H]1CCN(c1ncnc3c1ccn3COCC[Si](C)(C)C)C2. The van der Waals surface area contributed by atoms with Crippen LogP contribution in [0.5, 0.6) is 0 Å². The van der Waals surface area contributed by atoms with Gasteiger partial charge in [-0.05, 0) is 36.6 Å². The minimum absolute atomic E-state index is 0.146. The average molecular weight is 490 g/mol. The lowest BCUT2D eigenvalue weighted by atomic mass is 9.75. The Hall–Kier alpha value is -2.96. The van der Waals surface area contributed by atoms with E-state index in [9.17, 15) is 0 Å². The number of aromatic nitrogens is 4. The van der Waals surface area contributed by atoms with Crippen LogP contribution in [0.3, 0.4) is 0 Å². The summed E-state index contributed by atoms with van der Waals surface area (Å²) < 4.78 is 8.07. The van der Waals surface area contributed by atoms with E-state index in [2.05, 4.69) is 69.2 Å². The van der Waals surface area contributed by atoms with Crippen molar-refractivity contribution in [2.45, 2.75) is 45.8 Å². The zero-order valence-corrected chi connectivity index (χ0v) is 22.2. The third-order valence-corrected chi connectivity index (χ3v) is 9.24. The van der Waals surface area contributed by atoms with Crippen molar-refractivity contribution in [3.05, 3.63) is 42.5 Å². The number of pyridine rings is 1. The van der Waals surface area contributed by atoms with Gasteiger partial charge < -0.3 is 19.1 Å². The molecule has 0 aromatic carbocycles. The molecule has 5 rings (SSSR count). The van der Waals surface area contributed by atoms with Gasteiger partial charge in [0, 0.05) is 58.7 Å². The number of hydrogen-bond acceptors (Lipinski definition) is 7. The highest BCUT2D eigenvalue weighted by Gasteiger charge is 2.47. The van der Waals surface area contributed by atoms with Crippen LogP contribution in [-0.4, -0.2) is 60.4 Å². The fraction of sp³-hybridized carbons (Fsp3) is 0.538. The summed E-state index contributed by atoms with van der Waals surface area (Å²) in [5.74, 6) is 2.59. The van der Waals surface area contributed by atoms with Crippen molar-refractivity contribution >= 4 is 30.7 Å². The third kappa shape index (κ3) is 4.91. The highest BCUT2D eigenvalue weighted by molar-refractivity contribution is 6.76. The topological polar surface area (TPSA) is 83.1 Å². The van der Waals surface area contributed by atoms with Crippen LogP contribution in [0.2, 0.25) is 25.7 Å². The molecule has 0 bridgehead atoms. The quantitative estimate of drug-likeness (QED) is 0.360. The first-order valence-corrected chi connectivity index (χ1v) is 16.2. The average Bonchev–Trinajstić information content (AvgIpc) is 3.41. The summed E-state index contributed by atoms with van der Waals surface area (Å²) >= 11 is 0. The van der Waals surface area contributed by atoms with E-state index in [0.29, 0.717) is 18.2 Å². The second kappa shape index (κ2) is 9.24. The van der Waals surface area contributed by atoms with Crippen LogP contribution in [-0.2, 0) is 11.5 Å². The van der Waals surface area contributed by atoms with E-state index in [4.69, 9.17) is 15.0 Å². The number of fused-ring (bicyclic) bond motifs is 2. The van der Waals surface area contributed by atoms with Crippen molar-refractivity contribution in [3.8, 4) is 6.07 Å². The van der Waals surface area contributed by atoms with Crippen molar-refractivity contribution in [1.82, 2.24) is 19.5 Å². The van der Waals surface area contributed by atoms with Gasteiger partial charge in [0.25, 0.3) is 0 Å². The minimum atomic E-state index is -1.10. The fourth-order valence-corrected chi connectivity index (χ4v) is 6.20. The molecule has 0 aliphatic carbocycles. The normalized spacial score (nSPS) is 22.4. The van der Waals surface area contributed by atoms with E-state index >= 15 is 0 Å². The number of hydrogen-bond donors (Lipinski definition) is 0. The summed E-state index contributed by atoms with van der Waals surface area (Å²) in [7, 11) is -1.10. The summed E-state index contributed by atoms with van der Waals surface area (Å²) in [5, 5.41) is 10.2. The molecule has 2 saturated heterocycles. The zero-order chi connectivity index (χ0) is 24.6. The molecule has 2 aliphatic heterocycles. The fourth-order valence-electron chi connectivity index (χ4n) is 5.44. The number of piperidine rings is 1. The summed E-state index contributed by atoms with van der Waals surface area (Å²) in [6.07, 6.45) is 6.55. The molecule has 0 spiro atoms.